The molecule has 1 aliphatic rings. The average molecular weight is 453 g/mol. The number of methoxy groups -OCH3 is 1. The Balaban J connectivity index is 1.34. The van der Waals surface area contributed by atoms with E-state index in [9.17, 15) is 13.6 Å². The summed E-state index contributed by atoms with van der Waals surface area (Å²) in [5.74, 6) is -1.73. The van der Waals surface area contributed by atoms with Crippen LogP contribution in [0.15, 0.2) is 47.2 Å². The third-order valence-corrected chi connectivity index (χ3v) is 5.80. The first-order valence-corrected chi connectivity index (χ1v) is 10.5. The lowest BCUT2D eigenvalue weighted by Gasteiger charge is -2.33. The normalized spacial score (nSPS) is 15.4. The van der Waals surface area contributed by atoms with Crippen LogP contribution in [0.4, 0.5) is 14.5 Å². The molecule has 1 aliphatic carbocycles. The number of imidazole rings is 1. The number of ether oxygens (including phenoxy) is 1. The second-order valence-corrected chi connectivity index (χ2v) is 8.27. The summed E-state index contributed by atoms with van der Waals surface area (Å²) >= 11 is 0. The molecule has 4 aromatic rings. The minimum absolute atomic E-state index is 0.147. The van der Waals surface area contributed by atoms with Gasteiger partial charge in [0.25, 0.3) is 5.91 Å². The summed E-state index contributed by atoms with van der Waals surface area (Å²) < 4.78 is 38.2. The van der Waals surface area contributed by atoms with Gasteiger partial charge in [-0.1, -0.05) is 17.3 Å². The van der Waals surface area contributed by atoms with Crippen molar-refractivity contribution in [1.29, 1.82) is 0 Å². The maximum Gasteiger partial charge on any atom is 0.274 e. The zero-order valence-electron chi connectivity index (χ0n) is 18.0. The molecule has 0 radical (unpaired) electrons. The van der Waals surface area contributed by atoms with Gasteiger partial charge in [0.1, 0.15) is 17.1 Å². The molecule has 1 N–H and O–H groups in total. The molecule has 3 heterocycles. The highest BCUT2D eigenvalue weighted by atomic mass is 19.3. The average Bonchev–Trinajstić information content (AvgIpc) is 3.40. The molecule has 0 bridgehead atoms. The van der Waals surface area contributed by atoms with Crippen LogP contribution in [0.1, 0.15) is 34.8 Å². The number of nitrogens with one attached hydrogen (secondary N) is 1. The third kappa shape index (κ3) is 4.15. The summed E-state index contributed by atoms with van der Waals surface area (Å²) in [5.41, 5.74) is 3.05. The predicted molar refractivity (Wildman–Crippen MR) is 116 cm³/mol. The van der Waals surface area contributed by atoms with Crippen molar-refractivity contribution in [1.82, 2.24) is 19.5 Å². The molecule has 0 spiro atoms. The van der Waals surface area contributed by atoms with Crippen LogP contribution < -0.4 is 10.1 Å². The first-order valence-electron chi connectivity index (χ1n) is 10.5. The molecule has 10 heteroatoms. The van der Waals surface area contributed by atoms with E-state index >= 15 is 0 Å². The van der Waals surface area contributed by atoms with Gasteiger partial charge in [0.05, 0.1) is 13.3 Å². The van der Waals surface area contributed by atoms with Crippen molar-refractivity contribution < 1.29 is 22.8 Å². The summed E-state index contributed by atoms with van der Waals surface area (Å²) in [7, 11) is 1.57. The van der Waals surface area contributed by atoms with Gasteiger partial charge in [-0.15, -0.1) is 0 Å². The minimum Gasteiger partial charge on any atom is -0.497 e. The van der Waals surface area contributed by atoms with Crippen molar-refractivity contribution in [3.05, 3.63) is 59.9 Å². The van der Waals surface area contributed by atoms with Crippen LogP contribution in [0.5, 0.6) is 5.75 Å². The largest absolute Gasteiger partial charge is 0.497 e. The van der Waals surface area contributed by atoms with Crippen LogP contribution >= 0.6 is 0 Å². The Morgan fingerprint density at radius 3 is 2.88 bits per heavy atom. The Morgan fingerprint density at radius 1 is 1.30 bits per heavy atom. The van der Waals surface area contributed by atoms with Gasteiger partial charge < -0.3 is 14.6 Å². The molecular formula is C23H21F2N5O3. The van der Waals surface area contributed by atoms with Gasteiger partial charge >= 0.3 is 0 Å². The summed E-state index contributed by atoms with van der Waals surface area (Å²) in [6, 6.07) is 8.90. The van der Waals surface area contributed by atoms with Crippen molar-refractivity contribution in [2.24, 2.45) is 5.92 Å². The number of carbonyl (C=O) groups is 1. The van der Waals surface area contributed by atoms with Crippen molar-refractivity contribution in [2.45, 2.75) is 32.1 Å². The summed E-state index contributed by atoms with van der Waals surface area (Å²) in [6.45, 7) is 1.87. The number of fused-ring (bicyclic) bond motifs is 1. The second kappa shape index (κ2) is 7.95. The van der Waals surface area contributed by atoms with E-state index in [0.29, 0.717) is 46.5 Å². The molecule has 0 aliphatic heterocycles. The van der Waals surface area contributed by atoms with E-state index < -0.39 is 5.92 Å². The number of nitrogens with zero attached hydrogens (tertiary/aromatic N) is 4. The van der Waals surface area contributed by atoms with Crippen molar-refractivity contribution in [3.8, 4) is 17.1 Å². The number of anilines is 1. The summed E-state index contributed by atoms with van der Waals surface area (Å²) in [5, 5.41) is 6.89. The van der Waals surface area contributed by atoms with Crippen molar-refractivity contribution in [3.63, 3.8) is 0 Å². The van der Waals surface area contributed by atoms with Gasteiger partial charge in [0.15, 0.2) is 0 Å². The standard InChI is InChI=1S/C23H21F2N5O3/c1-13-3-4-15(21-28-20(33-29-21)7-14-10-23(24,25)11-14)8-17(13)27-22(31)18-12-26-19-9-16(32-2)5-6-30(18)19/h3-6,8-9,12,14H,7,10-11H2,1-2H3,(H,27,31). The van der Waals surface area contributed by atoms with E-state index in [2.05, 4.69) is 20.4 Å². The van der Waals surface area contributed by atoms with E-state index in [0.717, 1.165) is 5.56 Å². The number of pyridine rings is 1. The molecule has 3 aromatic heterocycles. The Morgan fingerprint density at radius 2 is 2.12 bits per heavy atom. The Hall–Kier alpha value is -3.82. The molecule has 170 valence electrons. The second-order valence-electron chi connectivity index (χ2n) is 8.27. The van der Waals surface area contributed by atoms with Gasteiger partial charge in [-0.2, -0.15) is 4.98 Å². The highest BCUT2D eigenvalue weighted by molar-refractivity contribution is 6.04. The first kappa shape index (κ1) is 21.0. The number of aromatic nitrogens is 4. The third-order valence-electron chi connectivity index (χ3n) is 5.80. The fourth-order valence-electron chi connectivity index (χ4n) is 3.97. The summed E-state index contributed by atoms with van der Waals surface area (Å²) in [4.78, 5) is 21.6. The number of amides is 1. The van der Waals surface area contributed by atoms with Crippen molar-refractivity contribution in [2.75, 3.05) is 12.4 Å². The zero-order chi connectivity index (χ0) is 23.2. The van der Waals surface area contributed by atoms with Crippen molar-refractivity contribution >= 4 is 17.2 Å². The monoisotopic (exact) mass is 453 g/mol. The Labute approximate surface area is 187 Å². The van der Waals surface area contributed by atoms with Crippen LogP contribution in [-0.4, -0.2) is 38.5 Å². The number of halogens is 2. The van der Waals surface area contributed by atoms with E-state index in [-0.39, 0.29) is 24.7 Å². The molecule has 0 atom stereocenters. The lowest BCUT2D eigenvalue weighted by molar-refractivity contribution is -0.111. The van der Waals surface area contributed by atoms with Crippen LogP contribution in [0.3, 0.4) is 0 Å². The zero-order valence-corrected chi connectivity index (χ0v) is 18.0. The molecule has 1 aromatic carbocycles. The lowest BCUT2D eigenvalue weighted by Crippen LogP contribution is -2.36. The van der Waals surface area contributed by atoms with Crippen LogP contribution in [0, 0.1) is 12.8 Å². The fourth-order valence-corrected chi connectivity index (χ4v) is 3.97. The number of rotatable bonds is 6. The smallest absolute Gasteiger partial charge is 0.274 e. The van der Waals surface area contributed by atoms with Gasteiger partial charge in [-0.05, 0) is 30.5 Å². The van der Waals surface area contributed by atoms with E-state index in [1.807, 2.05) is 19.1 Å². The summed E-state index contributed by atoms with van der Waals surface area (Å²) in [6.07, 6.45) is 3.25. The first-order chi connectivity index (χ1) is 15.8. The van der Waals surface area contributed by atoms with Crippen LogP contribution in [0.2, 0.25) is 0 Å². The highest BCUT2D eigenvalue weighted by Gasteiger charge is 2.45. The van der Waals surface area contributed by atoms with Crippen LogP contribution in [0.25, 0.3) is 17.0 Å². The number of hydrogen-bond acceptors (Lipinski definition) is 6. The number of benzene rings is 1. The van der Waals surface area contributed by atoms with E-state index in [1.54, 1.807) is 35.9 Å². The van der Waals surface area contributed by atoms with Gasteiger partial charge in [0, 0.05) is 42.8 Å². The quantitative estimate of drug-likeness (QED) is 0.461. The highest BCUT2D eigenvalue weighted by Crippen LogP contribution is 2.43. The molecular weight excluding hydrogens is 432 g/mol. The van der Waals surface area contributed by atoms with Gasteiger partial charge in [-0.3, -0.25) is 9.20 Å². The molecule has 1 amide bonds. The van der Waals surface area contributed by atoms with E-state index in [1.165, 1.54) is 6.20 Å². The molecule has 0 unspecified atom stereocenters. The number of aryl methyl sites for hydroxylation is 1. The topological polar surface area (TPSA) is 94.6 Å². The maximum atomic E-state index is 13.1. The van der Waals surface area contributed by atoms with Gasteiger partial charge in [0.2, 0.25) is 17.6 Å². The minimum atomic E-state index is -2.58. The fraction of sp³-hybridized carbons (Fsp3) is 0.304. The number of carbonyl (C=O) groups excluding carboxylic acids is 1. The molecule has 1 fully saturated rings. The molecule has 5 rings (SSSR count). The number of alkyl halides is 2. The molecule has 0 saturated heterocycles. The SMILES string of the molecule is COc1ccn2c(C(=O)Nc3cc(-c4noc(CC5CC(F)(F)C5)n4)ccc3C)cnc2c1. The van der Waals surface area contributed by atoms with Gasteiger partial charge in [-0.25, -0.2) is 13.8 Å². The lowest BCUT2D eigenvalue weighted by atomic mass is 9.79. The Bertz CT molecular complexity index is 1340. The molecule has 1 saturated carbocycles. The maximum absolute atomic E-state index is 13.1. The van der Waals surface area contributed by atoms with Crippen LogP contribution in [-0.2, 0) is 6.42 Å². The number of hydrogen-bond donors (Lipinski definition) is 1. The van der Waals surface area contributed by atoms with E-state index in [4.69, 9.17) is 9.26 Å². The molecule has 33 heavy (non-hydrogen) atoms. The molecule has 8 nitrogen and oxygen atoms in total. The Kier molecular flexibility index (Phi) is 5.07. The predicted octanol–water partition coefficient (Wildman–Crippen LogP) is 4.54.